The first-order valence-corrected chi connectivity index (χ1v) is 5.65. The lowest BCUT2D eigenvalue weighted by molar-refractivity contribution is -0.121. The zero-order chi connectivity index (χ0) is 14.3. The van der Waals surface area contributed by atoms with Crippen LogP contribution in [-0.2, 0) is 4.79 Å². The van der Waals surface area contributed by atoms with E-state index in [1.165, 1.54) is 0 Å². The van der Waals surface area contributed by atoms with E-state index in [4.69, 9.17) is 5.11 Å². The molecule has 0 aliphatic rings. The molecule has 0 atom stereocenters. The number of halogens is 2. The van der Waals surface area contributed by atoms with E-state index in [9.17, 15) is 18.4 Å². The summed E-state index contributed by atoms with van der Waals surface area (Å²) in [6.45, 7) is -0.00876. The van der Waals surface area contributed by atoms with Crippen LogP contribution in [0.15, 0.2) is 18.2 Å². The van der Waals surface area contributed by atoms with Gasteiger partial charge in [0.15, 0.2) is 0 Å². The predicted octanol–water partition coefficient (Wildman–Crippen LogP) is 0.193. The molecule has 0 bridgehead atoms. The summed E-state index contributed by atoms with van der Waals surface area (Å²) in [5.74, 6) is -2.78. The molecular weight excluding hydrogens is 258 g/mol. The fourth-order valence-corrected chi connectivity index (χ4v) is 1.34. The molecule has 0 saturated heterocycles. The number of aliphatic hydroxyl groups is 1. The van der Waals surface area contributed by atoms with Gasteiger partial charge in [-0.25, -0.2) is 8.78 Å². The third kappa shape index (κ3) is 5.01. The van der Waals surface area contributed by atoms with Crippen molar-refractivity contribution in [1.82, 2.24) is 10.6 Å². The number of aliphatic hydroxyl groups excluding tert-OH is 1. The molecule has 1 aromatic carbocycles. The highest BCUT2D eigenvalue weighted by Gasteiger charge is 2.12. The summed E-state index contributed by atoms with van der Waals surface area (Å²) in [5.41, 5.74) is -0.280. The number of rotatable bonds is 6. The number of carbonyl (C=O) groups is 2. The molecule has 0 heterocycles. The number of hydrogen-bond acceptors (Lipinski definition) is 3. The van der Waals surface area contributed by atoms with Crippen LogP contribution in [0.5, 0.6) is 0 Å². The van der Waals surface area contributed by atoms with Crippen molar-refractivity contribution in [2.45, 2.75) is 6.42 Å². The Morgan fingerprint density at radius 3 is 2.53 bits per heavy atom. The fraction of sp³-hybridized carbons (Fsp3) is 0.333. The Kier molecular flexibility index (Phi) is 5.87. The molecule has 1 aromatic rings. The number of amides is 2. The predicted molar refractivity (Wildman–Crippen MR) is 63.4 cm³/mol. The average molecular weight is 272 g/mol. The van der Waals surface area contributed by atoms with E-state index in [1.807, 2.05) is 0 Å². The zero-order valence-corrected chi connectivity index (χ0v) is 10.1. The van der Waals surface area contributed by atoms with E-state index in [0.29, 0.717) is 6.07 Å². The van der Waals surface area contributed by atoms with Crippen LogP contribution in [0.25, 0.3) is 0 Å². The van der Waals surface area contributed by atoms with E-state index in [-0.39, 0.29) is 37.6 Å². The number of nitrogens with one attached hydrogen (secondary N) is 2. The van der Waals surface area contributed by atoms with Gasteiger partial charge in [0, 0.05) is 25.6 Å². The van der Waals surface area contributed by atoms with E-state index < -0.39 is 17.5 Å². The molecule has 0 aromatic heterocycles. The van der Waals surface area contributed by atoms with Crippen LogP contribution in [-0.4, -0.2) is 36.6 Å². The van der Waals surface area contributed by atoms with Crippen LogP contribution < -0.4 is 10.6 Å². The highest BCUT2D eigenvalue weighted by atomic mass is 19.1. The van der Waals surface area contributed by atoms with Crippen molar-refractivity contribution in [2.24, 2.45) is 0 Å². The standard InChI is InChI=1S/C12H14F2N2O3/c13-8-1-2-9(10(14)7-8)12(19)16-4-3-11(18)15-5-6-17/h1-2,7,17H,3-6H2,(H,15,18)(H,16,19). The first-order chi connectivity index (χ1) is 9.04. The topological polar surface area (TPSA) is 78.4 Å². The van der Waals surface area contributed by atoms with Gasteiger partial charge in [0.2, 0.25) is 5.91 Å². The monoisotopic (exact) mass is 272 g/mol. The van der Waals surface area contributed by atoms with E-state index in [2.05, 4.69) is 10.6 Å². The van der Waals surface area contributed by atoms with Crippen molar-refractivity contribution in [1.29, 1.82) is 0 Å². The first kappa shape index (κ1) is 15.0. The molecule has 7 heteroatoms. The highest BCUT2D eigenvalue weighted by Crippen LogP contribution is 2.09. The summed E-state index contributed by atoms with van der Waals surface area (Å²) < 4.78 is 25.9. The summed E-state index contributed by atoms with van der Waals surface area (Å²) in [6.07, 6.45) is 0.00849. The minimum absolute atomic E-state index is 0.00849. The molecule has 5 nitrogen and oxygen atoms in total. The zero-order valence-electron chi connectivity index (χ0n) is 10.1. The summed E-state index contributed by atoms with van der Waals surface area (Å²) in [6, 6.07) is 2.63. The Morgan fingerprint density at radius 2 is 1.89 bits per heavy atom. The summed E-state index contributed by atoms with van der Waals surface area (Å²) >= 11 is 0. The average Bonchev–Trinajstić information content (AvgIpc) is 2.36. The van der Waals surface area contributed by atoms with Crippen molar-refractivity contribution in [3.8, 4) is 0 Å². The van der Waals surface area contributed by atoms with Gasteiger partial charge in [-0.3, -0.25) is 9.59 Å². The minimum Gasteiger partial charge on any atom is -0.395 e. The van der Waals surface area contributed by atoms with E-state index >= 15 is 0 Å². The normalized spacial score (nSPS) is 10.1. The van der Waals surface area contributed by atoms with Gasteiger partial charge < -0.3 is 15.7 Å². The second-order valence-corrected chi connectivity index (χ2v) is 3.70. The van der Waals surface area contributed by atoms with Gasteiger partial charge in [-0.1, -0.05) is 0 Å². The summed E-state index contributed by atoms with van der Waals surface area (Å²) in [5, 5.41) is 13.2. The summed E-state index contributed by atoms with van der Waals surface area (Å²) in [7, 11) is 0. The largest absolute Gasteiger partial charge is 0.395 e. The maximum absolute atomic E-state index is 13.2. The van der Waals surface area contributed by atoms with Gasteiger partial charge in [-0.05, 0) is 12.1 Å². The highest BCUT2D eigenvalue weighted by molar-refractivity contribution is 5.94. The van der Waals surface area contributed by atoms with Crippen LogP contribution in [0.1, 0.15) is 16.8 Å². The van der Waals surface area contributed by atoms with Crippen LogP contribution >= 0.6 is 0 Å². The molecule has 3 N–H and O–H groups in total. The molecule has 0 aliphatic carbocycles. The van der Waals surface area contributed by atoms with Gasteiger partial charge >= 0.3 is 0 Å². The molecule has 0 radical (unpaired) electrons. The molecule has 2 amide bonds. The van der Waals surface area contributed by atoms with Crippen molar-refractivity contribution < 1.29 is 23.5 Å². The van der Waals surface area contributed by atoms with Gasteiger partial charge in [0.25, 0.3) is 5.91 Å². The van der Waals surface area contributed by atoms with Crippen LogP contribution in [0, 0.1) is 11.6 Å². The Balaban J connectivity index is 2.41. The van der Waals surface area contributed by atoms with Gasteiger partial charge in [-0.15, -0.1) is 0 Å². The van der Waals surface area contributed by atoms with Gasteiger partial charge in [0.1, 0.15) is 11.6 Å². The van der Waals surface area contributed by atoms with E-state index in [0.717, 1.165) is 12.1 Å². The Hall–Kier alpha value is -2.02. The van der Waals surface area contributed by atoms with Crippen molar-refractivity contribution in [3.05, 3.63) is 35.4 Å². The van der Waals surface area contributed by atoms with Gasteiger partial charge in [0.05, 0.1) is 12.2 Å². The third-order valence-corrected chi connectivity index (χ3v) is 2.25. The van der Waals surface area contributed by atoms with Crippen LogP contribution in [0.4, 0.5) is 8.78 Å². The molecule has 19 heavy (non-hydrogen) atoms. The lowest BCUT2D eigenvalue weighted by atomic mass is 10.2. The second-order valence-electron chi connectivity index (χ2n) is 3.70. The third-order valence-electron chi connectivity index (χ3n) is 2.25. The van der Waals surface area contributed by atoms with Gasteiger partial charge in [-0.2, -0.15) is 0 Å². The fourth-order valence-electron chi connectivity index (χ4n) is 1.34. The Labute approximate surface area is 108 Å². The maximum Gasteiger partial charge on any atom is 0.254 e. The van der Waals surface area contributed by atoms with Crippen molar-refractivity contribution in [2.75, 3.05) is 19.7 Å². The first-order valence-electron chi connectivity index (χ1n) is 5.65. The molecule has 0 spiro atoms. The number of benzene rings is 1. The minimum atomic E-state index is -0.956. The molecule has 1 rings (SSSR count). The molecule has 0 saturated carbocycles. The molecule has 0 fully saturated rings. The summed E-state index contributed by atoms with van der Waals surface area (Å²) in [4.78, 5) is 22.7. The maximum atomic E-state index is 13.2. The Morgan fingerprint density at radius 1 is 1.16 bits per heavy atom. The Bertz CT molecular complexity index is 466. The van der Waals surface area contributed by atoms with Crippen LogP contribution in [0.3, 0.4) is 0 Å². The SMILES string of the molecule is O=C(CCNC(=O)c1ccc(F)cc1F)NCCO. The van der Waals surface area contributed by atoms with Crippen molar-refractivity contribution in [3.63, 3.8) is 0 Å². The van der Waals surface area contributed by atoms with Crippen molar-refractivity contribution >= 4 is 11.8 Å². The second kappa shape index (κ2) is 7.42. The number of carbonyl (C=O) groups excluding carboxylic acids is 2. The quantitative estimate of drug-likeness (QED) is 0.692. The molecular formula is C12H14F2N2O3. The lowest BCUT2D eigenvalue weighted by Crippen LogP contribution is -2.32. The molecule has 104 valence electrons. The van der Waals surface area contributed by atoms with Crippen LogP contribution in [0.2, 0.25) is 0 Å². The molecule has 0 aliphatic heterocycles. The molecule has 0 unspecified atom stereocenters. The lowest BCUT2D eigenvalue weighted by Gasteiger charge is -2.06. The smallest absolute Gasteiger partial charge is 0.254 e. The number of hydrogen-bond donors (Lipinski definition) is 3. The van der Waals surface area contributed by atoms with E-state index in [1.54, 1.807) is 0 Å².